The molecular weight excluding hydrogens is 298 g/mol. The van der Waals surface area contributed by atoms with Gasteiger partial charge in [-0.05, 0) is 12.1 Å². The van der Waals surface area contributed by atoms with Crippen LogP contribution in [-0.2, 0) is 4.79 Å². The minimum absolute atomic E-state index is 0.113. The van der Waals surface area contributed by atoms with Gasteiger partial charge in [-0.15, -0.1) is 0 Å². The molecule has 7 nitrogen and oxygen atoms in total. The van der Waals surface area contributed by atoms with Crippen molar-refractivity contribution < 1.29 is 14.5 Å². The van der Waals surface area contributed by atoms with Crippen LogP contribution in [0.3, 0.4) is 0 Å². The van der Waals surface area contributed by atoms with Crippen LogP contribution >= 0.6 is 11.6 Å². The molecule has 0 saturated carbocycles. The zero-order chi connectivity index (χ0) is 15.4. The Morgan fingerprint density at radius 2 is 2.14 bits per heavy atom. The molecular formula is C13H10ClN3O4. The fourth-order valence-corrected chi connectivity index (χ4v) is 1.75. The van der Waals surface area contributed by atoms with Crippen molar-refractivity contribution in [3.8, 4) is 11.5 Å². The quantitative estimate of drug-likeness (QED) is 0.690. The number of ether oxygens (including phenoxy) is 1. The first-order valence-electron chi connectivity index (χ1n) is 5.81. The summed E-state index contributed by atoms with van der Waals surface area (Å²) in [5.41, 5.74) is -0.124. The van der Waals surface area contributed by atoms with E-state index in [2.05, 4.69) is 10.3 Å². The van der Waals surface area contributed by atoms with E-state index in [4.69, 9.17) is 16.3 Å². The van der Waals surface area contributed by atoms with E-state index < -0.39 is 4.92 Å². The number of halogens is 1. The molecule has 0 aliphatic heterocycles. The third-order valence-electron chi connectivity index (χ3n) is 2.39. The van der Waals surface area contributed by atoms with Gasteiger partial charge in [0.25, 0.3) is 5.69 Å². The summed E-state index contributed by atoms with van der Waals surface area (Å²) in [6.45, 7) is 1.36. The van der Waals surface area contributed by atoms with Crippen LogP contribution in [0.15, 0.2) is 36.5 Å². The molecule has 0 fully saturated rings. The third-order valence-corrected chi connectivity index (χ3v) is 2.68. The van der Waals surface area contributed by atoms with Crippen LogP contribution in [0.2, 0.25) is 5.02 Å². The molecule has 0 aliphatic rings. The van der Waals surface area contributed by atoms with Crippen LogP contribution in [0.4, 0.5) is 11.5 Å². The highest BCUT2D eigenvalue weighted by Crippen LogP contribution is 2.32. The van der Waals surface area contributed by atoms with Crippen LogP contribution in [-0.4, -0.2) is 15.8 Å². The van der Waals surface area contributed by atoms with Crippen LogP contribution in [0, 0.1) is 10.1 Å². The van der Waals surface area contributed by atoms with Gasteiger partial charge in [0.15, 0.2) is 0 Å². The fraction of sp³-hybridized carbons (Fsp3) is 0.0769. The predicted molar refractivity (Wildman–Crippen MR) is 76.7 cm³/mol. The van der Waals surface area contributed by atoms with Crippen molar-refractivity contribution >= 4 is 29.0 Å². The lowest BCUT2D eigenvalue weighted by molar-refractivity contribution is -0.384. The van der Waals surface area contributed by atoms with Gasteiger partial charge >= 0.3 is 0 Å². The lowest BCUT2D eigenvalue weighted by atomic mass is 10.3. The third kappa shape index (κ3) is 3.90. The van der Waals surface area contributed by atoms with Crippen molar-refractivity contribution in [2.45, 2.75) is 6.92 Å². The molecule has 2 rings (SSSR count). The number of carbonyl (C=O) groups excluding carboxylic acids is 1. The van der Waals surface area contributed by atoms with Crippen LogP contribution in [0.1, 0.15) is 6.92 Å². The van der Waals surface area contributed by atoms with Crippen molar-refractivity contribution in [1.82, 2.24) is 4.98 Å². The Bertz CT molecular complexity index is 706. The number of nitrogens with zero attached hydrogens (tertiary/aromatic N) is 2. The molecule has 1 aromatic heterocycles. The predicted octanol–water partition coefficient (Wildman–Crippen LogP) is 3.39. The summed E-state index contributed by atoms with van der Waals surface area (Å²) >= 11 is 5.93. The van der Waals surface area contributed by atoms with E-state index in [1.807, 2.05) is 0 Å². The van der Waals surface area contributed by atoms with Gasteiger partial charge in [0.2, 0.25) is 5.91 Å². The van der Waals surface area contributed by atoms with E-state index in [1.165, 1.54) is 37.4 Å². The molecule has 8 heteroatoms. The van der Waals surface area contributed by atoms with E-state index in [1.54, 1.807) is 6.07 Å². The molecule has 1 aromatic carbocycles. The van der Waals surface area contributed by atoms with Crippen molar-refractivity contribution in [2.75, 3.05) is 5.32 Å². The summed E-state index contributed by atoms with van der Waals surface area (Å²) in [5.74, 6) is 0.734. The molecule has 2 aromatic rings. The maximum atomic E-state index is 11.0. The Balaban J connectivity index is 2.22. The summed E-state index contributed by atoms with van der Waals surface area (Å²) in [6, 6.07) is 6.98. The van der Waals surface area contributed by atoms with Crippen LogP contribution in [0.5, 0.6) is 11.5 Å². The second-order valence-corrected chi connectivity index (χ2v) is 4.44. The van der Waals surface area contributed by atoms with E-state index in [-0.39, 0.29) is 22.4 Å². The Hall–Kier alpha value is -2.67. The Labute approximate surface area is 124 Å². The molecule has 0 bridgehead atoms. The number of anilines is 1. The fourth-order valence-electron chi connectivity index (χ4n) is 1.54. The number of hydrogen-bond acceptors (Lipinski definition) is 5. The average Bonchev–Trinajstić information content (AvgIpc) is 2.40. The molecule has 0 spiro atoms. The smallest absolute Gasteiger partial charge is 0.271 e. The van der Waals surface area contributed by atoms with E-state index in [9.17, 15) is 14.9 Å². The maximum Gasteiger partial charge on any atom is 0.271 e. The topological polar surface area (TPSA) is 94.4 Å². The SMILES string of the molecule is CC(=O)Nc1cc(Oc2ccc([N+](=O)[O-])cc2Cl)ccn1. The van der Waals surface area contributed by atoms with E-state index >= 15 is 0 Å². The lowest BCUT2D eigenvalue weighted by Crippen LogP contribution is -2.07. The second-order valence-electron chi connectivity index (χ2n) is 4.03. The maximum absolute atomic E-state index is 11.0. The average molecular weight is 308 g/mol. The molecule has 0 aliphatic carbocycles. The molecule has 0 radical (unpaired) electrons. The first-order valence-corrected chi connectivity index (χ1v) is 6.19. The first kappa shape index (κ1) is 14.7. The zero-order valence-corrected chi connectivity index (χ0v) is 11.6. The van der Waals surface area contributed by atoms with Gasteiger partial charge in [-0.25, -0.2) is 4.98 Å². The molecule has 0 atom stereocenters. The number of nitro groups is 1. The zero-order valence-electron chi connectivity index (χ0n) is 10.9. The summed E-state index contributed by atoms with van der Waals surface area (Å²) in [7, 11) is 0. The second kappa shape index (κ2) is 6.19. The number of aromatic nitrogens is 1. The molecule has 1 amide bonds. The van der Waals surface area contributed by atoms with Gasteiger partial charge in [-0.1, -0.05) is 11.6 Å². The molecule has 0 saturated heterocycles. The number of nitrogens with one attached hydrogen (secondary N) is 1. The number of non-ortho nitro benzene ring substituents is 1. The minimum atomic E-state index is -0.545. The summed E-state index contributed by atoms with van der Waals surface area (Å²) in [5, 5.41) is 13.3. The normalized spacial score (nSPS) is 10.0. The molecule has 1 N–H and O–H groups in total. The molecule has 108 valence electrons. The number of pyridine rings is 1. The standard InChI is InChI=1S/C13H10ClN3O4/c1-8(18)16-13-7-10(4-5-15-13)21-12-3-2-9(17(19)20)6-11(12)14/h2-7H,1H3,(H,15,16,18). The monoisotopic (exact) mass is 307 g/mol. The summed E-state index contributed by atoms with van der Waals surface area (Å²) in [4.78, 5) is 25.0. The summed E-state index contributed by atoms with van der Waals surface area (Å²) < 4.78 is 5.52. The number of benzene rings is 1. The van der Waals surface area contributed by atoms with Crippen molar-refractivity contribution in [3.05, 3.63) is 51.7 Å². The number of hydrogen-bond donors (Lipinski definition) is 1. The van der Waals surface area contributed by atoms with Crippen molar-refractivity contribution in [1.29, 1.82) is 0 Å². The Kier molecular flexibility index (Phi) is 4.34. The minimum Gasteiger partial charge on any atom is -0.456 e. The number of carbonyl (C=O) groups is 1. The van der Waals surface area contributed by atoms with Gasteiger partial charge in [0.1, 0.15) is 17.3 Å². The van der Waals surface area contributed by atoms with Gasteiger partial charge in [0, 0.05) is 31.3 Å². The number of nitro benzene ring substituents is 1. The Morgan fingerprint density at radius 1 is 1.38 bits per heavy atom. The van der Waals surface area contributed by atoms with Crippen LogP contribution < -0.4 is 10.1 Å². The molecule has 1 heterocycles. The summed E-state index contributed by atoms with van der Waals surface area (Å²) in [6.07, 6.45) is 1.46. The van der Waals surface area contributed by atoms with Gasteiger partial charge < -0.3 is 10.1 Å². The van der Waals surface area contributed by atoms with Gasteiger partial charge in [-0.2, -0.15) is 0 Å². The molecule has 21 heavy (non-hydrogen) atoms. The Morgan fingerprint density at radius 3 is 2.76 bits per heavy atom. The molecule has 0 unspecified atom stereocenters. The first-order chi connectivity index (χ1) is 9.95. The highest BCUT2D eigenvalue weighted by Gasteiger charge is 2.11. The lowest BCUT2D eigenvalue weighted by Gasteiger charge is -2.08. The van der Waals surface area contributed by atoms with Crippen LogP contribution in [0.25, 0.3) is 0 Å². The van der Waals surface area contributed by atoms with E-state index in [0.717, 1.165) is 0 Å². The number of amides is 1. The van der Waals surface area contributed by atoms with Crippen molar-refractivity contribution in [3.63, 3.8) is 0 Å². The van der Waals surface area contributed by atoms with Gasteiger partial charge in [0.05, 0.1) is 9.95 Å². The largest absolute Gasteiger partial charge is 0.456 e. The van der Waals surface area contributed by atoms with E-state index in [0.29, 0.717) is 11.6 Å². The number of rotatable bonds is 4. The highest BCUT2D eigenvalue weighted by atomic mass is 35.5. The van der Waals surface area contributed by atoms with Gasteiger partial charge in [-0.3, -0.25) is 14.9 Å². The highest BCUT2D eigenvalue weighted by molar-refractivity contribution is 6.32. The van der Waals surface area contributed by atoms with Crippen molar-refractivity contribution in [2.24, 2.45) is 0 Å².